The maximum absolute atomic E-state index is 13.4. The van der Waals surface area contributed by atoms with Crippen LogP contribution in [0.1, 0.15) is 5.82 Å². The van der Waals surface area contributed by atoms with E-state index in [9.17, 15) is 14.5 Å². The molecule has 0 saturated carbocycles. The summed E-state index contributed by atoms with van der Waals surface area (Å²) in [5, 5.41) is 18.5. The number of hydrogen-bond donors (Lipinski definition) is 0. The van der Waals surface area contributed by atoms with Crippen LogP contribution in [-0.4, -0.2) is 26.2 Å². The molecule has 0 saturated heterocycles. The molecule has 0 amide bonds. The Labute approximate surface area is 107 Å². The van der Waals surface area contributed by atoms with Gasteiger partial charge in [0.05, 0.1) is 17.5 Å². The van der Waals surface area contributed by atoms with Crippen molar-refractivity contribution in [1.82, 2.24) is 14.8 Å². The third-order valence-electron chi connectivity index (χ3n) is 3.08. The van der Waals surface area contributed by atoms with Gasteiger partial charge in [-0.05, 0) is 6.07 Å². The smallest absolute Gasteiger partial charge is 0.274 e. The van der Waals surface area contributed by atoms with Crippen molar-refractivity contribution in [3.63, 3.8) is 0 Å². The highest BCUT2D eigenvalue weighted by Crippen LogP contribution is 2.25. The van der Waals surface area contributed by atoms with Gasteiger partial charge in [0.25, 0.3) is 5.69 Å². The molecule has 1 aliphatic rings. The highest BCUT2D eigenvalue weighted by molar-refractivity contribution is 5.54. The van der Waals surface area contributed by atoms with Gasteiger partial charge < -0.3 is 9.47 Å². The first-order valence-corrected chi connectivity index (χ1v) is 5.70. The van der Waals surface area contributed by atoms with Gasteiger partial charge in [0.2, 0.25) is 0 Å². The summed E-state index contributed by atoms with van der Waals surface area (Å²) in [5.41, 5.74) is 0.239. The zero-order valence-electron chi connectivity index (χ0n) is 9.86. The van der Waals surface area contributed by atoms with Gasteiger partial charge in [-0.1, -0.05) is 0 Å². The molecule has 0 aliphatic carbocycles. The van der Waals surface area contributed by atoms with Crippen LogP contribution in [0, 0.1) is 15.9 Å². The van der Waals surface area contributed by atoms with Gasteiger partial charge in [0.1, 0.15) is 12.1 Å². The Kier molecular flexibility index (Phi) is 2.62. The van der Waals surface area contributed by atoms with Crippen molar-refractivity contribution in [1.29, 1.82) is 0 Å². The number of aromatic nitrogens is 3. The lowest BCUT2D eigenvalue weighted by molar-refractivity contribution is -0.385. The second kappa shape index (κ2) is 4.30. The Bertz CT molecular complexity index is 642. The Morgan fingerprint density at radius 3 is 2.95 bits per heavy atom. The summed E-state index contributed by atoms with van der Waals surface area (Å²) in [5.74, 6) is 0.148. The van der Waals surface area contributed by atoms with Crippen molar-refractivity contribution in [3.8, 4) is 0 Å². The zero-order valence-corrected chi connectivity index (χ0v) is 9.86. The molecule has 1 aliphatic heterocycles. The second-order valence-electron chi connectivity index (χ2n) is 4.29. The SMILES string of the molecule is O=[N+]([O-])c1cc(F)cc(N2CCn3cnnc3C2)c1. The minimum absolute atomic E-state index is 0.248. The van der Waals surface area contributed by atoms with E-state index in [1.807, 2.05) is 9.47 Å². The molecular formula is C11H10FN5O2. The number of benzene rings is 1. The molecule has 0 bridgehead atoms. The van der Waals surface area contributed by atoms with Crippen LogP contribution in [0.25, 0.3) is 0 Å². The molecular weight excluding hydrogens is 253 g/mol. The van der Waals surface area contributed by atoms with E-state index in [2.05, 4.69) is 10.2 Å². The van der Waals surface area contributed by atoms with E-state index in [0.717, 1.165) is 11.9 Å². The van der Waals surface area contributed by atoms with Gasteiger partial charge in [-0.2, -0.15) is 0 Å². The van der Waals surface area contributed by atoms with E-state index in [4.69, 9.17) is 0 Å². The molecule has 3 rings (SSSR count). The molecule has 0 radical (unpaired) electrons. The fourth-order valence-electron chi connectivity index (χ4n) is 2.13. The summed E-state index contributed by atoms with van der Waals surface area (Å²) in [4.78, 5) is 12.0. The topological polar surface area (TPSA) is 77.1 Å². The van der Waals surface area contributed by atoms with Gasteiger partial charge in [-0.15, -0.1) is 10.2 Å². The quantitative estimate of drug-likeness (QED) is 0.603. The maximum Gasteiger partial charge on any atom is 0.274 e. The van der Waals surface area contributed by atoms with E-state index in [-0.39, 0.29) is 5.69 Å². The monoisotopic (exact) mass is 263 g/mol. The average molecular weight is 263 g/mol. The van der Waals surface area contributed by atoms with E-state index in [1.54, 1.807) is 6.33 Å². The van der Waals surface area contributed by atoms with Gasteiger partial charge in [0.15, 0.2) is 5.82 Å². The fraction of sp³-hybridized carbons (Fsp3) is 0.273. The van der Waals surface area contributed by atoms with E-state index in [0.29, 0.717) is 25.3 Å². The van der Waals surface area contributed by atoms with E-state index >= 15 is 0 Å². The minimum Gasteiger partial charge on any atom is -0.362 e. The standard InChI is InChI=1S/C11H10FN5O2/c12-8-3-9(5-10(4-8)17(18)19)15-1-2-16-7-13-14-11(16)6-15/h3-5,7H,1-2,6H2. The molecule has 98 valence electrons. The highest BCUT2D eigenvalue weighted by atomic mass is 19.1. The first kappa shape index (κ1) is 11.6. The summed E-state index contributed by atoms with van der Waals surface area (Å²) >= 11 is 0. The van der Waals surface area contributed by atoms with Crippen LogP contribution in [0.2, 0.25) is 0 Å². The Hall–Kier alpha value is -2.51. The summed E-state index contributed by atoms with van der Waals surface area (Å²) in [6, 6.07) is 3.57. The lowest BCUT2D eigenvalue weighted by Crippen LogP contribution is -2.33. The molecule has 0 N–H and O–H groups in total. The number of halogens is 1. The van der Waals surface area contributed by atoms with Crippen LogP contribution in [0.15, 0.2) is 24.5 Å². The molecule has 0 spiro atoms. The fourth-order valence-corrected chi connectivity index (χ4v) is 2.13. The van der Waals surface area contributed by atoms with Crippen LogP contribution in [0.3, 0.4) is 0 Å². The number of nitro benzene ring substituents is 1. The number of hydrogen-bond acceptors (Lipinski definition) is 5. The summed E-state index contributed by atoms with van der Waals surface area (Å²) in [7, 11) is 0. The van der Waals surface area contributed by atoms with E-state index < -0.39 is 10.7 Å². The van der Waals surface area contributed by atoms with Crippen molar-refractivity contribution in [2.75, 3.05) is 11.4 Å². The summed E-state index contributed by atoms with van der Waals surface area (Å²) < 4.78 is 15.3. The number of anilines is 1. The van der Waals surface area contributed by atoms with Crippen molar-refractivity contribution in [3.05, 3.63) is 46.3 Å². The number of rotatable bonds is 2. The number of nitro groups is 1. The molecule has 2 aromatic rings. The van der Waals surface area contributed by atoms with Crippen LogP contribution < -0.4 is 4.90 Å². The number of non-ortho nitro benzene ring substituents is 1. The molecule has 2 heterocycles. The zero-order chi connectivity index (χ0) is 13.4. The van der Waals surface area contributed by atoms with Crippen LogP contribution >= 0.6 is 0 Å². The highest BCUT2D eigenvalue weighted by Gasteiger charge is 2.20. The molecule has 19 heavy (non-hydrogen) atoms. The minimum atomic E-state index is -0.615. The summed E-state index contributed by atoms with van der Waals surface area (Å²) in [6.07, 6.45) is 1.64. The number of nitrogens with zero attached hydrogens (tertiary/aromatic N) is 5. The summed E-state index contributed by atoms with van der Waals surface area (Å²) in [6.45, 7) is 1.76. The van der Waals surface area contributed by atoms with Gasteiger partial charge >= 0.3 is 0 Å². The third-order valence-corrected chi connectivity index (χ3v) is 3.08. The molecule has 0 unspecified atom stereocenters. The van der Waals surface area contributed by atoms with Gasteiger partial charge in [-0.3, -0.25) is 10.1 Å². The number of fused-ring (bicyclic) bond motifs is 1. The normalized spacial score (nSPS) is 14.3. The molecule has 1 aromatic heterocycles. The van der Waals surface area contributed by atoms with Crippen molar-refractivity contribution in [2.45, 2.75) is 13.1 Å². The first-order valence-electron chi connectivity index (χ1n) is 5.70. The first-order chi connectivity index (χ1) is 9.13. The predicted molar refractivity (Wildman–Crippen MR) is 64.1 cm³/mol. The van der Waals surface area contributed by atoms with Crippen LogP contribution in [0.5, 0.6) is 0 Å². The lowest BCUT2D eigenvalue weighted by Gasteiger charge is -2.28. The third kappa shape index (κ3) is 2.12. The Morgan fingerprint density at radius 2 is 2.16 bits per heavy atom. The molecule has 0 fully saturated rings. The molecule has 8 heteroatoms. The van der Waals surface area contributed by atoms with Crippen molar-refractivity contribution >= 4 is 11.4 Å². The van der Waals surface area contributed by atoms with Crippen molar-refractivity contribution < 1.29 is 9.31 Å². The average Bonchev–Trinajstić information content (AvgIpc) is 2.85. The maximum atomic E-state index is 13.4. The predicted octanol–water partition coefficient (Wildman–Crippen LogP) is 1.35. The Balaban J connectivity index is 1.93. The van der Waals surface area contributed by atoms with Gasteiger partial charge in [0, 0.05) is 24.8 Å². The van der Waals surface area contributed by atoms with E-state index in [1.165, 1.54) is 12.1 Å². The van der Waals surface area contributed by atoms with Crippen LogP contribution in [-0.2, 0) is 13.1 Å². The van der Waals surface area contributed by atoms with Crippen LogP contribution in [0.4, 0.5) is 15.8 Å². The second-order valence-corrected chi connectivity index (χ2v) is 4.29. The van der Waals surface area contributed by atoms with Crippen molar-refractivity contribution in [2.24, 2.45) is 0 Å². The lowest BCUT2D eigenvalue weighted by atomic mass is 10.2. The Morgan fingerprint density at radius 1 is 1.32 bits per heavy atom. The molecule has 0 atom stereocenters. The largest absolute Gasteiger partial charge is 0.362 e. The molecule has 7 nitrogen and oxygen atoms in total. The molecule has 1 aromatic carbocycles. The van der Waals surface area contributed by atoms with Gasteiger partial charge in [-0.25, -0.2) is 4.39 Å².